The van der Waals surface area contributed by atoms with Crippen molar-refractivity contribution in [2.24, 2.45) is 5.73 Å². The molecule has 3 aromatic rings. The fourth-order valence-corrected chi connectivity index (χ4v) is 2.78. The lowest BCUT2D eigenvalue weighted by Crippen LogP contribution is -2.19. The van der Waals surface area contributed by atoms with E-state index in [-0.39, 0.29) is 16.9 Å². The van der Waals surface area contributed by atoms with Crippen LogP contribution >= 0.6 is 34.8 Å². The van der Waals surface area contributed by atoms with E-state index in [9.17, 15) is 4.79 Å². The number of imidazole rings is 1. The Bertz CT molecular complexity index is 874. The van der Waals surface area contributed by atoms with Crippen LogP contribution in [-0.2, 0) is 11.3 Å². The zero-order valence-electron chi connectivity index (χ0n) is 11.1. The second-order valence-corrected chi connectivity index (χ2v) is 5.78. The Kier molecular flexibility index (Phi) is 3.95. The van der Waals surface area contributed by atoms with E-state index in [4.69, 9.17) is 40.5 Å². The number of pyridine rings is 1. The summed E-state index contributed by atoms with van der Waals surface area (Å²) >= 11 is 17.9. The molecule has 112 valence electrons. The third-order valence-corrected chi connectivity index (χ3v) is 3.79. The van der Waals surface area contributed by atoms with Gasteiger partial charge in [-0.15, -0.1) is 0 Å². The van der Waals surface area contributed by atoms with Gasteiger partial charge in [-0.05, 0) is 24.3 Å². The second-order valence-electron chi connectivity index (χ2n) is 4.60. The number of nitrogens with zero attached hydrogens (tertiary/aromatic N) is 3. The fourth-order valence-electron chi connectivity index (χ4n) is 2.19. The number of primary amides is 1. The van der Waals surface area contributed by atoms with Crippen molar-refractivity contribution in [1.29, 1.82) is 0 Å². The van der Waals surface area contributed by atoms with E-state index in [1.807, 2.05) is 0 Å². The molecule has 1 aromatic carbocycles. The van der Waals surface area contributed by atoms with Gasteiger partial charge < -0.3 is 10.3 Å². The maximum Gasteiger partial charge on any atom is 0.237 e. The molecule has 2 heterocycles. The number of nitrogens with two attached hydrogens (primary N) is 1. The Hall–Kier alpha value is -1.82. The summed E-state index contributed by atoms with van der Waals surface area (Å²) in [6.45, 7) is -0.0505. The van der Waals surface area contributed by atoms with Crippen molar-refractivity contribution in [1.82, 2.24) is 14.5 Å². The lowest BCUT2D eigenvalue weighted by Gasteiger charge is -2.07. The van der Waals surface area contributed by atoms with E-state index in [2.05, 4.69) is 9.97 Å². The average Bonchev–Trinajstić information content (AvgIpc) is 2.78. The molecule has 0 spiro atoms. The van der Waals surface area contributed by atoms with Gasteiger partial charge in [0.15, 0.2) is 5.15 Å². The quantitative estimate of drug-likeness (QED) is 0.730. The fraction of sp³-hybridized carbons (Fsp3) is 0.0714. The number of carbonyl (C=O) groups excluding carboxylic acids is 1. The van der Waals surface area contributed by atoms with Crippen molar-refractivity contribution in [2.75, 3.05) is 0 Å². The van der Waals surface area contributed by atoms with Gasteiger partial charge in [0.25, 0.3) is 0 Å². The summed E-state index contributed by atoms with van der Waals surface area (Å²) in [5.41, 5.74) is 7.15. The predicted molar refractivity (Wildman–Crippen MR) is 87.2 cm³/mol. The predicted octanol–water partition coefficient (Wildman–Crippen LogP) is 3.54. The van der Waals surface area contributed by atoms with Crippen molar-refractivity contribution in [3.05, 3.63) is 45.7 Å². The largest absolute Gasteiger partial charge is 0.368 e. The molecule has 2 N–H and O–H groups in total. The lowest BCUT2D eigenvalue weighted by molar-refractivity contribution is -0.118. The molecular weight excluding hydrogens is 347 g/mol. The molecule has 0 radical (unpaired) electrons. The van der Waals surface area contributed by atoms with Gasteiger partial charge in [-0.3, -0.25) is 4.79 Å². The molecule has 0 aliphatic rings. The number of fused-ring (bicyclic) bond motifs is 1. The summed E-state index contributed by atoms with van der Waals surface area (Å²) in [6, 6.07) is 8.65. The zero-order chi connectivity index (χ0) is 15.9. The van der Waals surface area contributed by atoms with Gasteiger partial charge in [0.1, 0.15) is 23.0 Å². The van der Waals surface area contributed by atoms with Crippen molar-refractivity contribution < 1.29 is 4.79 Å². The standard InChI is InChI=1S/C14H9Cl3N4O/c15-8-3-1-7(2-4-8)14-20-12-9(21(14)6-11(18)22)5-10(16)19-13(12)17/h1-5H,6H2,(H2,18,22). The molecular formula is C14H9Cl3N4O. The maximum absolute atomic E-state index is 11.4. The Morgan fingerprint density at radius 2 is 1.82 bits per heavy atom. The monoisotopic (exact) mass is 354 g/mol. The molecule has 2 aromatic heterocycles. The summed E-state index contributed by atoms with van der Waals surface area (Å²) < 4.78 is 1.65. The van der Waals surface area contributed by atoms with E-state index >= 15 is 0 Å². The third-order valence-electron chi connectivity index (χ3n) is 3.08. The van der Waals surface area contributed by atoms with Crippen LogP contribution in [0.5, 0.6) is 0 Å². The van der Waals surface area contributed by atoms with Crippen molar-refractivity contribution in [3.8, 4) is 11.4 Å². The zero-order valence-corrected chi connectivity index (χ0v) is 13.3. The van der Waals surface area contributed by atoms with Gasteiger partial charge in [0.2, 0.25) is 5.91 Å². The average molecular weight is 356 g/mol. The molecule has 0 saturated heterocycles. The van der Waals surface area contributed by atoms with Crippen LogP contribution in [0.4, 0.5) is 0 Å². The summed E-state index contributed by atoms with van der Waals surface area (Å²) in [7, 11) is 0. The van der Waals surface area contributed by atoms with Crippen LogP contribution in [0.2, 0.25) is 15.3 Å². The van der Waals surface area contributed by atoms with Crippen LogP contribution in [-0.4, -0.2) is 20.4 Å². The Labute approximate surface area is 140 Å². The molecule has 5 nitrogen and oxygen atoms in total. The smallest absolute Gasteiger partial charge is 0.237 e. The highest BCUT2D eigenvalue weighted by molar-refractivity contribution is 6.36. The van der Waals surface area contributed by atoms with E-state index in [0.717, 1.165) is 5.56 Å². The first kappa shape index (κ1) is 15.1. The summed E-state index contributed by atoms with van der Waals surface area (Å²) in [6.07, 6.45) is 0. The maximum atomic E-state index is 11.4. The normalized spacial score (nSPS) is 11.0. The Morgan fingerprint density at radius 3 is 2.45 bits per heavy atom. The molecule has 0 atom stereocenters. The summed E-state index contributed by atoms with van der Waals surface area (Å²) in [5.74, 6) is 0.0370. The molecule has 22 heavy (non-hydrogen) atoms. The minimum absolute atomic E-state index is 0.0505. The first-order valence-electron chi connectivity index (χ1n) is 6.22. The molecule has 1 amide bonds. The molecule has 0 bridgehead atoms. The molecule has 8 heteroatoms. The number of amides is 1. The van der Waals surface area contributed by atoms with Crippen LogP contribution in [0.15, 0.2) is 30.3 Å². The van der Waals surface area contributed by atoms with E-state index in [0.29, 0.717) is 21.9 Å². The topological polar surface area (TPSA) is 73.8 Å². The highest BCUT2D eigenvalue weighted by Crippen LogP contribution is 2.30. The van der Waals surface area contributed by atoms with Crippen LogP contribution in [0.3, 0.4) is 0 Å². The minimum atomic E-state index is -0.501. The van der Waals surface area contributed by atoms with Gasteiger partial charge in [-0.25, -0.2) is 9.97 Å². The van der Waals surface area contributed by atoms with Gasteiger partial charge in [0, 0.05) is 16.7 Å². The molecule has 0 fully saturated rings. The summed E-state index contributed by atoms with van der Waals surface area (Å²) in [4.78, 5) is 19.8. The van der Waals surface area contributed by atoms with Crippen LogP contribution in [0, 0.1) is 0 Å². The minimum Gasteiger partial charge on any atom is -0.368 e. The van der Waals surface area contributed by atoms with Crippen molar-refractivity contribution >= 4 is 51.7 Å². The highest BCUT2D eigenvalue weighted by Gasteiger charge is 2.17. The van der Waals surface area contributed by atoms with E-state index < -0.39 is 5.91 Å². The van der Waals surface area contributed by atoms with Crippen LogP contribution < -0.4 is 5.73 Å². The van der Waals surface area contributed by atoms with E-state index in [1.165, 1.54) is 0 Å². The molecule has 0 saturated carbocycles. The number of halogens is 3. The van der Waals surface area contributed by atoms with Crippen molar-refractivity contribution in [2.45, 2.75) is 6.54 Å². The van der Waals surface area contributed by atoms with Crippen LogP contribution in [0.1, 0.15) is 0 Å². The highest BCUT2D eigenvalue weighted by atomic mass is 35.5. The molecule has 0 aliphatic heterocycles. The van der Waals surface area contributed by atoms with Crippen molar-refractivity contribution in [3.63, 3.8) is 0 Å². The molecule has 0 aliphatic carbocycles. The molecule has 0 unspecified atom stereocenters. The number of hydrogen-bond donors (Lipinski definition) is 1. The first-order valence-corrected chi connectivity index (χ1v) is 7.35. The Balaban J connectivity index is 2.30. The molecule has 3 rings (SSSR count). The number of benzene rings is 1. The van der Waals surface area contributed by atoms with Gasteiger partial charge >= 0.3 is 0 Å². The van der Waals surface area contributed by atoms with Gasteiger partial charge in [-0.1, -0.05) is 34.8 Å². The SMILES string of the molecule is NC(=O)Cn1c(-c2ccc(Cl)cc2)nc2c(Cl)nc(Cl)cc21. The van der Waals surface area contributed by atoms with Gasteiger partial charge in [-0.2, -0.15) is 0 Å². The number of rotatable bonds is 3. The first-order chi connectivity index (χ1) is 10.5. The Morgan fingerprint density at radius 1 is 1.14 bits per heavy atom. The number of hydrogen-bond acceptors (Lipinski definition) is 3. The lowest BCUT2D eigenvalue weighted by atomic mass is 10.2. The van der Waals surface area contributed by atoms with Gasteiger partial charge in [0.05, 0.1) is 5.52 Å². The number of carbonyl (C=O) groups is 1. The second kappa shape index (κ2) is 5.76. The number of aromatic nitrogens is 3. The van der Waals surface area contributed by atoms with E-state index in [1.54, 1.807) is 34.9 Å². The summed E-state index contributed by atoms with van der Waals surface area (Å²) in [5, 5.41) is 0.982. The van der Waals surface area contributed by atoms with Crippen LogP contribution in [0.25, 0.3) is 22.4 Å². The third kappa shape index (κ3) is 2.75.